The lowest BCUT2D eigenvalue weighted by Gasteiger charge is -2.41. The topological polar surface area (TPSA) is 43.2 Å². The van der Waals surface area contributed by atoms with Crippen LogP contribution in [0.2, 0.25) is 0 Å². The van der Waals surface area contributed by atoms with Crippen LogP contribution in [0.15, 0.2) is 42.6 Å². The Morgan fingerprint density at radius 2 is 1.88 bits per heavy atom. The second-order valence-electron chi connectivity index (χ2n) is 7.13. The van der Waals surface area contributed by atoms with E-state index in [1.54, 1.807) is 23.4 Å². The van der Waals surface area contributed by atoms with E-state index in [1.165, 1.54) is 19.3 Å². The normalized spacial score (nSPS) is 21.5. The number of aromatic nitrogens is 1. The molecule has 128 valence electrons. The summed E-state index contributed by atoms with van der Waals surface area (Å²) in [5.74, 6) is 0. The van der Waals surface area contributed by atoms with Crippen LogP contribution in [0, 0.1) is 11.3 Å². The van der Waals surface area contributed by atoms with Crippen molar-refractivity contribution in [1.29, 1.82) is 5.26 Å². The van der Waals surface area contributed by atoms with E-state index in [0.29, 0.717) is 11.6 Å². The zero-order valence-corrected chi connectivity index (χ0v) is 14.6. The van der Waals surface area contributed by atoms with Gasteiger partial charge >= 0.3 is 0 Å². The van der Waals surface area contributed by atoms with Gasteiger partial charge in [-0.05, 0) is 42.5 Å². The van der Waals surface area contributed by atoms with Gasteiger partial charge < -0.3 is 0 Å². The molecular weight excluding hydrogens is 308 g/mol. The Hall–Kier alpha value is -2.22. The maximum atomic E-state index is 9.02. The van der Waals surface area contributed by atoms with Crippen LogP contribution in [-0.2, 0) is 19.4 Å². The van der Waals surface area contributed by atoms with Crippen molar-refractivity contribution >= 4 is 0 Å². The molecule has 2 aliphatic rings. The first-order valence-corrected chi connectivity index (χ1v) is 9.20. The number of fused-ring (bicyclic) bond motifs is 1. The van der Waals surface area contributed by atoms with E-state index in [-0.39, 0.29) is 0 Å². The van der Waals surface area contributed by atoms with Crippen molar-refractivity contribution in [3.8, 4) is 6.07 Å². The fourth-order valence-corrected chi connectivity index (χ4v) is 4.14. The largest absolute Gasteiger partial charge is 0.298 e. The molecule has 1 aliphatic heterocycles. The minimum atomic E-state index is 0.692. The number of aryl methyl sites for hydroxylation is 1. The van der Waals surface area contributed by atoms with Crippen molar-refractivity contribution in [2.75, 3.05) is 26.2 Å². The first-order chi connectivity index (χ1) is 12.3. The third kappa shape index (κ3) is 3.73. The summed E-state index contributed by atoms with van der Waals surface area (Å²) in [7, 11) is 0. The third-order valence-corrected chi connectivity index (χ3v) is 5.58. The summed E-state index contributed by atoms with van der Waals surface area (Å²) >= 11 is 0. The van der Waals surface area contributed by atoms with Crippen LogP contribution in [0.4, 0.5) is 0 Å². The molecule has 4 rings (SSSR count). The number of nitriles is 1. The molecule has 1 aromatic carbocycles. The summed E-state index contributed by atoms with van der Waals surface area (Å²) < 4.78 is 0. The van der Waals surface area contributed by atoms with E-state index in [4.69, 9.17) is 5.26 Å². The summed E-state index contributed by atoms with van der Waals surface area (Å²) in [6, 6.07) is 15.5. The van der Waals surface area contributed by atoms with E-state index in [2.05, 4.69) is 45.1 Å². The van der Waals surface area contributed by atoms with Gasteiger partial charge in [0.15, 0.2) is 0 Å². The lowest BCUT2D eigenvalue weighted by atomic mass is 9.87. The molecule has 0 radical (unpaired) electrons. The van der Waals surface area contributed by atoms with Gasteiger partial charge in [-0.1, -0.05) is 24.3 Å². The number of nitrogens with zero attached hydrogens (tertiary/aromatic N) is 4. The van der Waals surface area contributed by atoms with Crippen LogP contribution < -0.4 is 0 Å². The molecule has 0 bridgehead atoms. The monoisotopic (exact) mass is 332 g/mol. The van der Waals surface area contributed by atoms with Gasteiger partial charge in [0.2, 0.25) is 0 Å². The van der Waals surface area contributed by atoms with Crippen molar-refractivity contribution in [3.05, 3.63) is 65.0 Å². The Morgan fingerprint density at radius 1 is 1.08 bits per heavy atom. The van der Waals surface area contributed by atoms with Gasteiger partial charge in [-0.3, -0.25) is 14.8 Å². The molecule has 4 heteroatoms. The van der Waals surface area contributed by atoms with Crippen LogP contribution in [0.1, 0.15) is 28.8 Å². The second-order valence-corrected chi connectivity index (χ2v) is 7.13. The fraction of sp³-hybridized carbons (Fsp3) is 0.429. The van der Waals surface area contributed by atoms with Crippen molar-refractivity contribution in [2.24, 2.45) is 0 Å². The number of benzene rings is 1. The quantitative estimate of drug-likeness (QED) is 0.867. The maximum Gasteiger partial charge on any atom is 0.0992 e. The predicted octanol–water partition coefficient (Wildman–Crippen LogP) is 2.63. The molecule has 0 amide bonds. The van der Waals surface area contributed by atoms with E-state index >= 15 is 0 Å². The van der Waals surface area contributed by atoms with Gasteiger partial charge in [0.1, 0.15) is 0 Å². The summed E-state index contributed by atoms with van der Waals surface area (Å²) in [5, 5.41) is 9.02. The maximum absolute atomic E-state index is 9.02. The molecule has 1 atom stereocenters. The molecule has 2 heterocycles. The zero-order chi connectivity index (χ0) is 17.1. The molecule has 4 nitrogen and oxygen atoms in total. The zero-order valence-electron chi connectivity index (χ0n) is 14.6. The smallest absolute Gasteiger partial charge is 0.0992 e. The van der Waals surface area contributed by atoms with Gasteiger partial charge in [0.25, 0.3) is 0 Å². The highest BCUT2D eigenvalue weighted by Gasteiger charge is 2.27. The Bertz CT molecular complexity index is 771. The van der Waals surface area contributed by atoms with Crippen LogP contribution in [-0.4, -0.2) is 47.0 Å². The number of hydrogen-bond donors (Lipinski definition) is 0. The SMILES string of the molecule is N#Cc1ccnc(CN2CCN(C3CCc4ccccc4C3)CC2)c1. The third-order valence-electron chi connectivity index (χ3n) is 5.58. The minimum Gasteiger partial charge on any atom is -0.298 e. The molecule has 1 fully saturated rings. The molecule has 25 heavy (non-hydrogen) atoms. The van der Waals surface area contributed by atoms with E-state index in [1.807, 2.05) is 6.07 Å². The number of pyridine rings is 1. The highest BCUT2D eigenvalue weighted by molar-refractivity contribution is 5.30. The molecule has 0 spiro atoms. The van der Waals surface area contributed by atoms with Gasteiger partial charge in [0, 0.05) is 45.0 Å². The van der Waals surface area contributed by atoms with Crippen molar-refractivity contribution in [2.45, 2.75) is 31.8 Å². The number of piperazine rings is 1. The van der Waals surface area contributed by atoms with E-state index < -0.39 is 0 Å². The van der Waals surface area contributed by atoms with Crippen LogP contribution in [0.5, 0.6) is 0 Å². The minimum absolute atomic E-state index is 0.692. The molecule has 1 aliphatic carbocycles. The second kappa shape index (κ2) is 7.35. The predicted molar refractivity (Wildman–Crippen MR) is 98.1 cm³/mol. The van der Waals surface area contributed by atoms with Crippen LogP contribution in [0.25, 0.3) is 0 Å². The Morgan fingerprint density at radius 3 is 2.68 bits per heavy atom. The van der Waals surface area contributed by atoms with Crippen molar-refractivity contribution < 1.29 is 0 Å². The average molecular weight is 332 g/mol. The summed E-state index contributed by atoms with van der Waals surface area (Å²) in [5.41, 5.74) is 4.78. The highest BCUT2D eigenvalue weighted by atomic mass is 15.3. The molecule has 1 aromatic heterocycles. The van der Waals surface area contributed by atoms with E-state index in [9.17, 15) is 0 Å². The molecule has 0 saturated carbocycles. The standard InChI is InChI=1S/C21H24N4/c22-15-17-7-8-23-20(13-17)16-24-9-11-25(12-10-24)21-6-5-18-3-1-2-4-19(18)14-21/h1-4,7-8,13,21H,5-6,9-12,14,16H2. The summed E-state index contributed by atoms with van der Waals surface area (Å²) in [6.45, 7) is 5.26. The Kier molecular flexibility index (Phi) is 4.78. The Balaban J connectivity index is 1.32. The highest BCUT2D eigenvalue weighted by Crippen LogP contribution is 2.25. The molecule has 2 aromatic rings. The lowest BCUT2D eigenvalue weighted by molar-refractivity contribution is 0.0850. The summed E-state index contributed by atoms with van der Waals surface area (Å²) in [4.78, 5) is 9.54. The molecule has 0 N–H and O–H groups in total. The van der Waals surface area contributed by atoms with Gasteiger partial charge in [-0.25, -0.2) is 0 Å². The molecule has 1 saturated heterocycles. The first-order valence-electron chi connectivity index (χ1n) is 9.20. The Labute approximate surface area is 149 Å². The summed E-state index contributed by atoms with van der Waals surface area (Å²) in [6.07, 6.45) is 5.43. The molecule has 1 unspecified atom stereocenters. The van der Waals surface area contributed by atoms with Gasteiger partial charge in [-0.2, -0.15) is 5.26 Å². The lowest BCUT2D eigenvalue weighted by Crippen LogP contribution is -2.51. The number of hydrogen-bond acceptors (Lipinski definition) is 4. The fourth-order valence-electron chi connectivity index (χ4n) is 4.14. The van der Waals surface area contributed by atoms with Crippen molar-refractivity contribution in [3.63, 3.8) is 0 Å². The average Bonchev–Trinajstić information content (AvgIpc) is 2.68. The van der Waals surface area contributed by atoms with Gasteiger partial charge in [-0.15, -0.1) is 0 Å². The number of rotatable bonds is 3. The first kappa shape index (κ1) is 16.3. The van der Waals surface area contributed by atoms with Crippen LogP contribution >= 0.6 is 0 Å². The molecular formula is C21H24N4. The van der Waals surface area contributed by atoms with Gasteiger partial charge in [0.05, 0.1) is 17.3 Å². The van der Waals surface area contributed by atoms with Crippen LogP contribution in [0.3, 0.4) is 0 Å². The van der Waals surface area contributed by atoms with Crippen molar-refractivity contribution in [1.82, 2.24) is 14.8 Å². The van der Waals surface area contributed by atoms with E-state index in [0.717, 1.165) is 38.4 Å².